The normalized spacial score (nSPS) is 18.1. The molecule has 1 aliphatic rings. The van der Waals surface area contributed by atoms with Crippen molar-refractivity contribution in [2.75, 3.05) is 6.54 Å². The van der Waals surface area contributed by atoms with Crippen LogP contribution in [0.3, 0.4) is 0 Å². The number of alkyl halides is 4. The van der Waals surface area contributed by atoms with Crippen LogP contribution in [-0.4, -0.2) is 37.0 Å². The Bertz CT molecular complexity index is 849. The van der Waals surface area contributed by atoms with Crippen LogP contribution in [0.15, 0.2) is 40.0 Å². The van der Waals surface area contributed by atoms with Crippen LogP contribution in [0, 0.1) is 0 Å². The smallest absolute Gasteiger partial charge is 0.349 e. The molecular formula is C13H11BrCl2F3N3O3S. The Morgan fingerprint density at radius 3 is 2.50 bits per heavy atom. The number of nitrogens with zero attached hydrogens (tertiary/aromatic N) is 1. The molecule has 0 aromatic heterocycles. The van der Waals surface area contributed by atoms with Crippen LogP contribution in [0.4, 0.5) is 13.2 Å². The molecule has 6 nitrogen and oxygen atoms in total. The van der Waals surface area contributed by atoms with E-state index in [0.29, 0.717) is 0 Å². The van der Waals surface area contributed by atoms with E-state index in [9.17, 15) is 26.4 Å². The van der Waals surface area contributed by atoms with Crippen molar-refractivity contribution in [2.24, 2.45) is 0 Å². The second-order valence-electron chi connectivity index (χ2n) is 5.07. The summed E-state index contributed by atoms with van der Waals surface area (Å²) in [6.45, 7) is -0.528. The highest BCUT2D eigenvalue weighted by molar-refractivity contribution is 9.09. The molecule has 0 bridgehead atoms. The van der Waals surface area contributed by atoms with Crippen molar-refractivity contribution in [3.05, 3.63) is 40.1 Å². The zero-order chi connectivity index (χ0) is 19.7. The van der Waals surface area contributed by atoms with Gasteiger partial charge in [0, 0.05) is 6.54 Å². The Hall–Kier alpha value is -1.17. The maximum Gasteiger partial charge on any atom is 0.390 e. The fourth-order valence-electron chi connectivity index (χ4n) is 2.01. The molecule has 1 aromatic rings. The van der Waals surface area contributed by atoms with E-state index >= 15 is 0 Å². The first kappa shape index (κ1) is 21.1. The molecule has 0 saturated carbocycles. The quantitative estimate of drug-likeness (QED) is 0.483. The van der Waals surface area contributed by atoms with Gasteiger partial charge in [0.25, 0.3) is 15.9 Å². The second kappa shape index (κ2) is 7.83. The van der Waals surface area contributed by atoms with Gasteiger partial charge in [0.1, 0.15) is 15.7 Å². The Balaban J connectivity index is 2.18. The number of hydrogen-bond acceptors (Lipinski definition) is 5. The zero-order valence-electron chi connectivity index (χ0n) is 12.6. The van der Waals surface area contributed by atoms with Crippen molar-refractivity contribution in [2.45, 2.75) is 22.6 Å². The molecule has 2 rings (SSSR count). The maximum absolute atomic E-state index is 12.4. The molecule has 1 unspecified atom stereocenters. The molecule has 1 atom stereocenters. The molecular weight excluding hydrogens is 486 g/mol. The number of carbonyl (C=O) groups is 1. The van der Waals surface area contributed by atoms with Gasteiger partial charge in [-0.3, -0.25) is 4.79 Å². The molecule has 26 heavy (non-hydrogen) atoms. The van der Waals surface area contributed by atoms with Gasteiger partial charge in [0.15, 0.2) is 5.08 Å². The maximum atomic E-state index is 12.4. The van der Waals surface area contributed by atoms with Crippen molar-refractivity contribution in [3.63, 3.8) is 0 Å². The standard InChI is InChI=1S/C13H11BrCl2F3N3O3S/c14-12-20-9(10(16)22(12)6-5-13(17,18)19)11(23)21-26(24,25)8-4-2-1-3-7(8)15/h1-4,12,20H,5-6H2,(H,21,23). The van der Waals surface area contributed by atoms with Crippen LogP contribution in [0.5, 0.6) is 0 Å². The Morgan fingerprint density at radius 2 is 1.92 bits per heavy atom. The van der Waals surface area contributed by atoms with Crippen molar-refractivity contribution in [3.8, 4) is 0 Å². The van der Waals surface area contributed by atoms with Crippen LogP contribution >= 0.6 is 39.1 Å². The highest BCUT2D eigenvalue weighted by atomic mass is 79.9. The molecule has 144 valence electrons. The predicted octanol–water partition coefficient (Wildman–Crippen LogP) is 3.09. The van der Waals surface area contributed by atoms with Crippen LogP contribution in [0.2, 0.25) is 5.02 Å². The Labute approximate surface area is 165 Å². The van der Waals surface area contributed by atoms with E-state index in [2.05, 4.69) is 21.2 Å². The van der Waals surface area contributed by atoms with Gasteiger partial charge in [0.2, 0.25) is 0 Å². The minimum atomic E-state index is -4.41. The van der Waals surface area contributed by atoms with Gasteiger partial charge in [-0.1, -0.05) is 35.3 Å². The Kier molecular flexibility index (Phi) is 6.36. The summed E-state index contributed by atoms with van der Waals surface area (Å²) in [7, 11) is -4.30. The molecule has 0 saturated heterocycles. The number of sulfonamides is 1. The average molecular weight is 497 g/mol. The van der Waals surface area contributed by atoms with Crippen molar-refractivity contribution in [1.29, 1.82) is 0 Å². The fraction of sp³-hybridized carbons (Fsp3) is 0.308. The first-order valence-corrected chi connectivity index (χ1v) is 10.0. The number of hydrogen-bond donors (Lipinski definition) is 2. The molecule has 1 amide bonds. The van der Waals surface area contributed by atoms with Gasteiger partial charge in [-0.25, -0.2) is 13.1 Å². The average Bonchev–Trinajstić information content (AvgIpc) is 2.79. The molecule has 2 N–H and O–H groups in total. The van der Waals surface area contributed by atoms with Gasteiger partial charge >= 0.3 is 6.18 Å². The number of amides is 1. The van der Waals surface area contributed by atoms with E-state index in [0.717, 1.165) is 4.90 Å². The van der Waals surface area contributed by atoms with E-state index < -0.39 is 40.1 Å². The summed E-state index contributed by atoms with van der Waals surface area (Å²) < 4.78 is 63.4. The molecule has 1 aromatic carbocycles. The van der Waals surface area contributed by atoms with Gasteiger partial charge in [0.05, 0.1) is 11.4 Å². The molecule has 1 aliphatic heterocycles. The number of nitrogens with one attached hydrogen (secondary N) is 2. The summed E-state index contributed by atoms with van der Waals surface area (Å²) in [6, 6.07) is 5.44. The third-order valence-corrected chi connectivity index (χ3v) is 6.17. The summed E-state index contributed by atoms with van der Waals surface area (Å²) in [5, 5.41) is 1.15. The molecule has 0 spiro atoms. The van der Waals surface area contributed by atoms with E-state index in [1.807, 2.05) is 0 Å². The first-order valence-electron chi connectivity index (χ1n) is 6.88. The third kappa shape index (κ3) is 4.96. The molecule has 1 heterocycles. The van der Waals surface area contributed by atoms with Gasteiger partial charge in [-0.05, 0) is 28.1 Å². The summed E-state index contributed by atoms with van der Waals surface area (Å²) in [5.74, 6) is -1.13. The monoisotopic (exact) mass is 495 g/mol. The van der Waals surface area contributed by atoms with E-state index in [1.165, 1.54) is 24.3 Å². The van der Waals surface area contributed by atoms with Crippen LogP contribution in [0.25, 0.3) is 0 Å². The third-order valence-electron chi connectivity index (χ3n) is 3.21. The largest absolute Gasteiger partial charge is 0.390 e. The van der Waals surface area contributed by atoms with Crippen molar-refractivity contribution < 1.29 is 26.4 Å². The predicted molar refractivity (Wildman–Crippen MR) is 92.9 cm³/mol. The molecule has 13 heteroatoms. The van der Waals surface area contributed by atoms with E-state index in [-0.39, 0.29) is 20.8 Å². The number of carbonyl (C=O) groups excluding carboxylic acids is 1. The topological polar surface area (TPSA) is 78.5 Å². The van der Waals surface area contributed by atoms with Gasteiger partial charge < -0.3 is 10.2 Å². The number of benzene rings is 1. The summed E-state index contributed by atoms with van der Waals surface area (Å²) in [5.41, 5.74) is -0.383. The summed E-state index contributed by atoms with van der Waals surface area (Å²) in [4.78, 5) is 12.9. The van der Waals surface area contributed by atoms with Gasteiger partial charge in [-0.2, -0.15) is 13.2 Å². The minimum absolute atomic E-state index is 0.0996. The van der Waals surface area contributed by atoms with E-state index in [4.69, 9.17) is 23.2 Å². The lowest BCUT2D eigenvalue weighted by molar-refractivity contribution is -0.136. The van der Waals surface area contributed by atoms with Crippen molar-refractivity contribution >= 4 is 55.1 Å². The molecule has 0 radical (unpaired) electrons. The van der Waals surface area contributed by atoms with Crippen molar-refractivity contribution in [1.82, 2.24) is 14.9 Å². The lowest BCUT2D eigenvalue weighted by Gasteiger charge is -2.22. The SMILES string of the molecule is O=C(NS(=O)(=O)c1ccccc1Cl)C1=C(Cl)N(CCC(F)(F)F)C(Br)N1. The minimum Gasteiger partial charge on any atom is -0.349 e. The highest BCUT2D eigenvalue weighted by Crippen LogP contribution is 2.30. The Morgan fingerprint density at radius 1 is 1.31 bits per heavy atom. The van der Waals surface area contributed by atoms with Gasteiger partial charge in [-0.15, -0.1) is 0 Å². The van der Waals surface area contributed by atoms with E-state index in [1.54, 1.807) is 4.72 Å². The lowest BCUT2D eigenvalue weighted by atomic mass is 10.4. The number of rotatable bonds is 5. The highest BCUT2D eigenvalue weighted by Gasteiger charge is 2.36. The van der Waals surface area contributed by atoms with Crippen LogP contribution in [0.1, 0.15) is 6.42 Å². The lowest BCUT2D eigenvalue weighted by Crippen LogP contribution is -2.37. The zero-order valence-corrected chi connectivity index (χ0v) is 16.6. The summed E-state index contributed by atoms with van der Waals surface area (Å²) >= 11 is 14.8. The van der Waals surface area contributed by atoms with Crippen LogP contribution < -0.4 is 10.0 Å². The molecule has 0 fully saturated rings. The first-order chi connectivity index (χ1) is 11.9. The number of halogens is 6. The summed E-state index contributed by atoms with van der Waals surface area (Å²) in [6.07, 6.45) is -5.58. The molecule has 0 aliphatic carbocycles. The fourth-order valence-corrected chi connectivity index (χ4v) is 4.57. The second-order valence-corrected chi connectivity index (χ2v) is 8.35. The van der Waals surface area contributed by atoms with Crippen LogP contribution in [-0.2, 0) is 14.8 Å².